The number of amides is 1. The SMILES string of the molecule is Cn1c(SCC(=O)NCCc2cnn(-c3ccccc3)c2)nnc1-c1cccs1. The highest BCUT2D eigenvalue weighted by molar-refractivity contribution is 7.99. The number of carbonyl (C=O) groups excluding carboxylic acids is 1. The summed E-state index contributed by atoms with van der Waals surface area (Å²) in [6.07, 6.45) is 4.55. The lowest BCUT2D eigenvalue weighted by atomic mass is 10.2. The molecule has 1 N–H and O–H groups in total. The normalized spacial score (nSPS) is 10.9. The van der Waals surface area contributed by atoms with Gasteiger partial charge in [0.05, 0.1) is 22.5 Å². The maximum Gasteiger partial charge on any atom is 0.230 e. The molecule has 0 aliphatic rings. The maximum absolute atomic E-state index is 12.2. The van der Waals surface area contributed by atoms with E-state index in [9.17, 15) is 4.79 Å². The predicted octanol–water partition coefficient (Wildman–Crippen LogP) is 3.18. The van der Waals surface area contributed by atoms with E-state index >= 15 is 0 Å². The number of nitrogens with one attached hydrogen (secondary N) is 1. The van der Waals surface area contributed by atoms with E-state index in [1.54, 1.807) is 11.3 Å². The Morgan fingerprint density at radius 2 is 2.03 bits per heavy atom. The number of carbonyl (C=O) groups is 1. The molecule has 3 heterocycles. The Labute approximate surface area is 176 Å². The summed E-state index contributed by atoms with van der Waals surface area (Å²) in [4.78, 5) is 13.2. The number of para-hydroxylation sites is 1. The van der Waals surface area contributed by atoms with Crippen LogP contribution in [0.4, 0.5) is 0 Å². The molecule has 4 aromatic rings. The second-order valence-electron chi connectivity index (χ2n) is 6.36. The Bertz CT molecular complexity index is 1070. The summed E-state index contributed by atoms with van der Waals surface area (Å²) < 4.78 is 3.76. The third-order valence-corrected chi connectivity index (χ3v) is 6.19. The second kappa shape index (κ2) is 9.06. The van der Waals surface area contributed by atoms with Crippen molar-refractivity contribution in [3.05, 3.63) is 65.8 Å². The number of hydrogen-bond acceptors (Lipinski definition) is 6. The number of aromatic nitrogens is 5. The maximum atomic E-state index is 12.2. The zero-order valence-electron chi connectivity index (χ0n) is 15.9. The van der Waals surface area contributed by atoms with E-state index in [1.807, 2.05) is 76.5 Å². The van der Waals surface area contributed by atoms with Crippen LogP contribution < -0.4 is 5.32 Å². The molecular weight excluding hydrogens is 404 g/mol. The van der Waals surface area contributed by atoms with Gasteiger partial charge in [0, 0.05) is 19.8 Å². The van der Waals surface area contributed by atoms with Gasteiger partial charge >= 0.3 is 0 Å². The van der Waals surface area contributed by atoms with Crippen LogP contribution in [0.2, 0.25) is 0 Å². The first-order chi connectivity index (χ1) is 14.2. The van der Waals surface area contributed by atoms with Crippen LogP contribution in [-0.4, -0.2) is 42.7 Å². The summed E-state index contributed by atoms with van der Waals surface area (Å²) in [7, 11) is 1.92. The van der Waals surface area contributed by atoms with Crippen molar-refractivity contribution in [2.75, 3.05) is 12.3 Å². The fourth-order valence-corrected chi connectivity index (χ4v) is 4.28. The van der Waals surface area contributed by atoms with Crippen LogP contribution in [0.1, 0.15) is 5.56 Å². The zero-order chi connectivity index (χ0) is 20.1. The van der Waals surface area contributed by atoms with E-state index in [-0.39, 0.29) is 5.91 Å². The van der Waals surface area contributed by atoms with Gasteiger partial charge in [-0.15, -0.1) is 21.5 Å². The Morgan fingerprint density at radius 3 is 2.83 bits per heavy atom. The Kier molecular flexibility index (Phi) is 6.06. The van der Waals surface area contributed by atoms with Crippen molar-refractivity contribution in [2.45, 2.75) is 11.6 Å². The monoisotopic (exact) mass is 424 g/mol. The Morgan fingerprint density at radius 1 is 1.17 bits per heavy atom. The minimum atomic E-state index is -0.0221. The fourth-order valence-electron chi connectivity index (χ4n) is 2.80. The molecule has 7 nitrogen and oxygen atoms in total. The Balaban J connectivity index is 1.24. The molecule has 1 aromatic carbocycles. The standard InChI is InChI=1S/C20H20N6OS2/c1-25-19(17-8-5-11-28-17)23-24-20(25)29-14-18(27)21-10-9-15-12-22-26(13-15)16-6-3-2-4-7-16/h2-8,11-13H,9-10,14H2,1H3,(H,21,27). The average Bonchev–Trinajstić information content (AvgIpc) is 3.49. The minimum absolute atomic E-state index is 0.0221. The van der Waals surface area contributed by atoms with E-state index < -0.39 is 0 Å². The summed E-state index contributed by atoms with van der Waals surface area (Å²) >= 11 is 3.00. The molecule has 29 heavy (non-hydrogen) atoms. The molecule has 0 aliphatic heterocycles. The van der Waals surface area contributed by atoms with Gasteiger partial charge < -0.3 is 9.88 Å². The van der Waals surface area contributed by atoms with Gasteiger partial charge in [0.2, 0.25) is 5.91 Å². The van der Waals surface area contributed by atoms with E-state index in [2.05, 4.69) is 20.6 Å². The molecular formula is C20H20N6OS2. The molecule has 0 atom stereocenters. The smallest absolute Gasteiger partial charge is 0.230 e. The molecule has 0 bridgehead atoms. The molecule has 0 fully saturated rings. The highest BCUT2D eigenvalue weighted by atomic mass is 32.2. The van der Waals surface area contributed by atoms with Crippen molar-refractivity contribution < 1.29 is 4.79 Å². The highest BCUT2D eigenvalue weighted by Crippen LogP contribution is 2.25. The predicted molar refractivity (Wildman–Crippen MR) is 115 cm³/mol. The second-order valence-corrected chi connectivity index (χ2v) is 8.25. The lowest BCUT2D eigenvalue weighted by Crippen LogP contribution is -2.27. The van der Waals surface area contributed by atoms with Crippen LogP contribution in [0.5, 0.6) is 0 Å². The van der Waals surface area contributed by atoms with Gasteiger partial charge in [0.15, 0.2) is 11.0 Å². The van der Waals surface area contributed by atoms with Crippen molar-refractivity contribution in [1.29, 1.82) is 0 Å². The van der Waals surface area contributed by atoms with E-state index in [0.29, 0.717) is 12.3 Å². The zero-order valence-corrected chi connectivity index (χ0v) is 17.5. The van der Waals surface area contributed by atoms with Gasteiger partial charge in [-0.3, -0.25) is 4.79 Å². The third kappa shape index (κ3) is 4.75. The number of hydrogen-bond donors (Lipinski definition) is 1. The first-order valence-corrected chi connectivity index (χ1v) is 11.0. The van der Waals surface area contributed by atoms with Crippen LogP contribution >= 0.6 is 23.1 Å². The molecule has 3 aromatic heterocycles. The molecule has 0 aliphatic carbocycles. The van der Waals surface area contributed by atoms with Crippen molar-refractivity contribution in [3.63, 3.8) is 0 Å². The lowest BCUT2D eigenvalue weighted by Gasteiger charge is -2.05. The molecule has 0 saturated carbocycles. The third-order valence-electron chi connectivity index (χ3n) is 4.30. The first-order valence-electron chi connectivity index (χ1n) is 9.12. The van der Waals surface area contributed by atoms with Gasteiger partial charge in [-0.05, 0) is 35.6 Å². The fraction of sp³-hybridized carbons (Fsp3) is 0.200. The number of benzene rings is 1. The molecule has 9 heteroatoms. The largest absolute Gasteiger partial charge is 0.355 e. The van der Waals surface area contributed by atoms with Crippen LogP contribution in [0.25, 0.3) is 16.4 Å². The summed E-state index contributed by atoms with van der Waals surface area (Å²) in [6.45, 7) is 0.569. The van der Waals surface area contributed by atoms with Crippen molar-refractivity contribution in [3.8, 4) is 16.4 Å². The summed E-state index contributed by atoms with van der Waals surface area (Å²) in [5.41, 5.74) is 2.10. The molecule has 4 rings (SSSR count). The lowest BCUT2D eigenvalue weighted by molar-refractivity contribution is -0.118. The summed E-state index contributed by atoms with van der Waals surface area (Å²) in [5.74, 6) is 1.10. The first kappa shape index (κ1) is 19.4. The number of thiophene rings is 1. The van der Waals surface area contributed by atoms with Crippen molar-refractivity contribution >= 4 is 29.0 Å². The molecule has 0 saturated heterocycles. The van der Waals surface area contributed by atoms with Gasteiger partial charge in [0.25, 0.3) is 0 Å². The highest BCUT2D eigenvalue weighted by Gasteiger charge is 2.13. The van der Waals surface area contributed by atoms with Crippen LogP contribution in [0.3, 0.4) is 0 Å². The van der Waals surface area contributed by atoms with Gasteiger partial charge in [0.1, 0.15) is 0 Å². The van der Waals surface area contributed by atoms with Crippen molar-refractivity contribution in [2.24, 2.45) is 7.05 Å². The number of rotatable bonds is 8. The van der Waals surface area contributed by atoms with Gasteiger partial charge in [-0.2, -0.15) is 5.10 Å². The number of nitrogens with zero attached hydrogens (tertiary/aromatic N) is 5. The average molecular weight is 425 g/mol. The summed E-state index contributed by atoms with van der Waals surface area (Å²) in [5, 5.41) is 18.5. The van der Waals surface area contributed by atoms with E-state index in [4.69, 9.17) is 0 Å². The van der Waals surface area contributed by atoms with Gasteiger partial charge in [-0.1, -0.05) is 36.0 Å². The van der Waals surface area contributed by atoms with Crippen LogP contribution in [0, 0.1) is 0 Å². The van der Waals surface area contributed by atoms with Crippen molar-refractivity contribution in [1.82, 2.24) is 29.9 Å². The van der Waals surface area contributed by atoms with Gasteiger partial charge in [-0.25, -0.2) is 4.68 Å². The quantitative estimate of drug-likeness (QED) is 0.440. The Hall–Kier alpha value is -2.91. The molecule has 1 amide bonds. The molecule has 0 radical (unpaired) electrons. The summed E-state index contributed by atoms with van der Waals surface area (Å²) in [6, 6.07) is 13.9. The number of thioether (sulfide) groups is 1. The minimum Gasteiger partial charge on any atom is -0.355 e. The topological polar surface area (TPSA) is 77.6 Å². The molecule has 148 valence electrons. The molecule has 0 unspecified atom stereocenters. The van der Waals surface area contributed by atoms with E-state index in [0.717, 1.165) is 33.5 Å². The molecule has 0 spiro atoms. The van der Waals surface area contributed by atoms with Crippen LogP contribution in [0.15, 0.2) is 65.4 Å². The van der Waals surface area contributed by atoms with Crippen LogP contribution in [-0.2, 0) is 18.3 Å². The van der Waals surface area contributed by atoms with E-state index in [1.165, 1.54) is 11.8 Å².